The summed E-state index contributed by atoms with van der Waals surface area (Å²) in [7, 11) is 1.60. The number of rotatable bonds is 11. The molecule has 0 aliphatic heterocycles. The van der Waals surface area contributed by atoms with Gasteiger partial charge in [0.2, 0.25) is 5.91 Å². The topological polar surface area (TPSA) is 67.9 Å². The van der Waals surface area contributed by atoms with Crippen molar-refractivity contribution in [2.75, 3.05) is 13.7 Å². The summed E-state index contributed by atoms with van der Waals surface area (Å²) in [5.74, 6) is 0.790. The third-order valence-corrected chi connectivity index (χ3v) is 5.29. The van der Waals surface area contributed by atoms with Crippen molar-refractivity contribution < 1.29 is 19.1 Å². The number of hydrogen-bond donors (Lipinski definition) is 1. The van der Waals surface area contributed by atoms with Gasteiger partial charge in [0.05, 0.1) is 7.11 Å². The smallest absolute Gasteiger partial charge is 0.261 e. The second-order valence-corrected chi connectivity index (χ2v) is 7.79. The standard InChI is InChI=1S/C24H31ClN2O4/c1-5-17(3)26-24(29)22(6-2)27(15-18-10-12-20(30-4)13-11-18)23(28)16-31-21-9-7-8-19(25)14-21/h7-14,17,22H,5-6,15-16H2,1-4H3,(H,26,29)/t17-,22-/m0/s1. The van der Waals surface area contributed by atoms with E-state index in [0.29, 0.717) is 17.2 Å². The number of carbonyl (C=O) groups excluding carboxylic acids is 2. The van der Waals surface area contributed by atoms with Gasteiger partial charge in [0.25, 0.3) is 5.91 Å². The van der Waals surface area contributed by atoms with E-state index < -0.39 is 6.04 Å². The number of ether oxygens (including phenoxy) is 2. The highest BCUT2D eigenvalue weighted by molar-refractivity contribution is 6.30. The van der Waals surface area contributed by atoms with Crippen molar-refractivity contribution in [3.8, 4) is 11.5 Å². The predicted octanol–water partition coefficient (Wildman–Crippen LogP) is 4.45. The van der Waals surface area contributed by atoms with E-state index in [1.54, 1.807) is 36.3 Å². The number of amides is 2. The quantitative estimate of drug-likeness (QED) is 0.553. The average molecular weight is 447 g/mol. The van der Waals surface area contributed by atoms with Crippen LogP contribution in [0.2, 0.25) is 5.02 Å². The molecule has 0 unspecified atom stereocenters. The van der Waals surface area contributed by atoms with E-state index in [0.717, 1.165) is 17.7 Å². The first-order chi connectivity index (χ1) is 14.9. The monoisotopic (exact) mass is 446 g/mol. The SMILES string of the molecule is CC[C@H](C)NC(=O)[C@H](CC)N(Cc1ccc(OC)cc1)C(=O)COc1cccc(Cl)c1. The molecule has 0 saturated heterocycles. The Bertz CT molecular complexity index is 857. The van der Waals surface area contributed by atoms with Gasteiger partial charge in [-0.05, 0) is 55.7 Å². The Hall–Kier alpha value is -2.73. The number of nitrogens with zero attached hydrogens (tertiary/aromatic N) is 1. The fourth-order valence-electron chi connectivity index (χ4n) is 3.07. The molecule has 7 heteroatoms. The minimum atomic E-state index is -0.605. The zero-order chi connectivity index (χ0) is 22.8. The van der Waals surface area contributed by atoms with Crippen LogP contribution in [-0.2, 0) is 16.1 Å². The van der Waals surface area contributed by atoms with Gasteiger partial charge in [-0.2, -0.15) is 0 Å². The third-order valence-electron chi connectivity index (χ3n) is 5.06. The van der Waals surface area contributed by atoms with Gasteiger partial charge in [0, 0.05) is 17.6 Å². The minimum Gasteiger partial charge on any atom is -0.497 e. The molecule has 0 spiro atoms. The molecule has 1 N–H and O–H groups in total. The van der Waals surface area contributed by atoms with E-state index >= 15 is 0 Å². The zero-order valence-corrected chi connectivity index (χ0v) is 19.3. The fourth-order valence-corrected chi connectivity index (χ4v) is 3.25. The second kappa shape index (κ2) is 12.2. The lowest BCUT2D eigenvalue weighted by atomic mass is 10.1. The highest BCUT2D eigenvalue weighted by Gasteiger charge is 2.29. The van der Waals surface area contributed by atoms with Crippen LogP contribution in [0.25, 0.3) is 0 Å². The number of methoxy groups -OCH3 is 1. The van der Waals surface area contributed by atoms with E-state index in [-0.39, 0.29) is 31.0 Å². The molecule has 0 aliphatic carbocycles. The molecular weight excluding hydrogens is 416 g/mol. The molecular formula is C24H31ClN2O4. The maximum atomic E-state index is 13.2. The zero-order valence-electron chi connectivity index (χ0n) is 18.6. The van der Waals surface area contributed by atoms with Crippen molar-refractivity contribution in [2.45, 2.75) is 52.2 Å². The third kappa shape index (κ3) is 7.47. The number of carbonyl (C=O) groups is 2. The normalized spacial score (nSPS) is 12.5. The summed E-state index contributed by atoms with van der Waals surface area (Å²) in [6.07, 6.45) is 1.30. The van der Waals surface area contributed by atoms with Crippen molar-refractivity contribution in [3.63, 3.8) is 0 Å². The van der Waals surface area contributed by atoms with Gasteiger partial charge in [-0.3, -0.25) is 9.59 Å². The van der Waals surface area contributed by atoms with Crippen LogP contribution >= 0.6 is 11.6 Å². The van der Waals surface area contributed by atoms with Crippen LogP contribution < -0.4 is 14.8 Å². The van der Waals surface area contributed by atoms with E-state index in [1.807, 2.05) is 45.0 Å². The lowest BCUT2D eigenvalue weighted by Gasteiger charge is -2.31. The fraction of sp³-hybridized carbons (Fsp3) is 0.417. The summed E-state index contributed by atoms with van der Waals surface area (Å²) in [6.45, 7) is 5.94. The maximum absolute atomic E-state index is 13.2. The number of nitrogens with one attached hydrogen (secondary N) is 1. The summed E-state index contributed by atoms with van der Waals surface area (Å²) in [5, 5.41) is 3.52. The molecule has 0 radical (unpaired) electrons. The van der Waals surface area contributed by atoms with Crippen LogP contribution in [0.3, 0.4) is 0 Å². The summed E-state index contributed by atoms with van der Waals surface area (Å²) in [4.78, 5) is 27.6. The highest BCUT2D eigenvalue weighted by atomic mass is 35.5. The molecule has 0 bridgehead atoms. The average Bonchev–Trinajstić information content (AvgIpc) is 2.77. The summed E-state index contributed by atoms with van der Waals surface area (Å²) >= 11 is 5.99. The van der Waals surface area contributed by atoms with Crippen molar-refractivity contribution in [1.29, 1.82) is 0 Å². The largest absolute Gasteiger partial charge is 0.497 e. The molecule has 6 nitrogen and oxygen atoms in total. The van der Waals surface area contributed by atoms with Crippen LogP contribution in [0.15, 0.2) is 48.5 Å². The molecule has 2 rings (SSSR count). The Morgan fingerprint density at radius 1 is 1.06 bits per heavy atom. The molecule has 0 fully saturated rings. The Kier molecular flexibility index (Phi) is 9.66. The van der Waals surface area contributed by atoms with Crippen molar-refractivity contribution in [3.05, 3.63) is 59.1 Å². The van der Waals surface area contributed by atoms with Gasteiger partial charge < -0.3 is 19.7 Å². The van der Waals surface area contributed by atoms with E-state index in [1.165, 1.54) is 0 Å². The number of halogens is 1. The molecule has 0 saturated carbocycles. The van der Waals surface area contributed by atoms with Crippen LogP contribution in [0.4, 0.5) is 0 Å². The molecule has 2 aromatic rings. The first-order valence-electron chi connectivity index (χ1n) is 10.5. The second-order valence-electron chi connectivity index (χ2n) is 7.36. The van der Waals surface area contributed by atoms with Gasteiger partial charge in [0.15, 0.2) is 6.61 Å². The van der Waals surface area contributed by atoms with Crippen molar-refractivity contribution in [2.24, 2.45) is 0 Å². The van der Waals surface area contributed by atoms with Gasteiger partial charge in [-0.1, -0.05) is 43.6 Å². The van der Waals surface area contributed by atoms with Gasteiger partial charge in [0.1, 0.15) is 17.5 Å². The highest BCUT2D eigenvalue weighted by Crippen LogP contribution is 2.19. The molecule has 0 aromatic heterocycles. The molecule has 2 aromatic carbocycles. The van der Waals surface area contributed by atoms with Crippen molar-refractivity contribution in [1.82, 2.24) is 10.2 Å². The van der Waals surface area contributed by atoms with Crippen molar-refractivity contribution >= 4 is 23.4 Å². The summed E-state index contributed by atoms with van der Waals surface area (Å²) < 4.78 is 10.9. The van der Waals surface area contributed by atoms with E-state index in [2.05, 4.69) is 5.32 Å². The van der Waals surface area contributed by atoms with Crippen LogP contribution in [0.1, 0.15) is 39.2 Å². The van der Waals surface area contributed by atoms with Gasteiger partial charge in [-0.25, -0.2) is 0 Å². The Morgan fingerprint density at radius 3 is 2.35 bits per heavy atom. The first kappa shape index (κ1) is 24.5. The molecule has 0 aliphatic rings. The molecule has 0 heterocycles. The summed E-state index contributed by atoms with van der Waals surface area (Å²) in [5.41, 5.74) is 0.895. The van der Waals surface area contributed by atoms with E-state index in [4.69, 9.17) is 21.1 Å². The van der Waals surface area contributed by atoms with E-state index in [9.17, 15) is 9.59 Å². The van der Waals surface area contributed by atoms with Crippen LogP contribution in [-0.4, -0.2) is 42.5 Å². The Balaban J connectivity index is 2.21. The van der Waals surface area contributed by atoms with Crippen LogP contribution in [0, 0.1) is 0 Å². The van der Waals surface area contributed by atoms with Gasteiger partial charge >= 0.3 is 0 Å². The minimum absolute atomic E-state index is 0.0298. The maximum Gasteiger partial charge on any atom is 0.261 e. The lowest BCUT2D eigenvalue weighted by molar-refractivity contribution is -0.143. The first-order valence-corrected chi connectivity index (χ1v) is 10.9. The Labute approximate surface area is 189 Å². The lowest BCUT2D eigenvalue weighted by Crippen LogP contribution is -2.51. The summed E-state index contributed by atoms with van der Waals surface area (Å²) in [6, 6.07) is 13.7. The number of benzene rings is 2. The predicted molar refractivity (Wildman–Crippen MR) is 122 cm³/mol. The Morgan fingerprint density at radius 2 is 1.77 bits per heavy atom. The molecule has 31 heavy (non-hydrogen) atoms. The molecule has 2 amide bonds. The number of hydrogen-bond acceptors (Lipinski definition) is 4. The van der Waals surface area contributed by atoms with Gasteiger partial charge in [-0.15, -0.1) is 0 Å². The molecule has 168 valence electrons. The van der Waals surface area contributed by atoms with Crippen LogP contribution in [0.5, 0.6) is 11.5 Å². The molecule has 2 atom stereocenters.